The minimum Gasteiger partial charge on any atom is -0.491 e. The van der Waals surface area contributed by atoms with Crippen molar-refractivity contribution in [2.24, 2.45) is 0 Å². The van der Waals surface area contributed by atoms with Crippen LogP contribution in [0, 0.1) is 0 Å². The van der Waals surface area contributed by atoms with Crippen LogP contribution in [0.2, 0.25) is 5.15 Å². The molecule has 1 rings (SSSR count). The number of methoxy groups -OCH3 is 1. The molecule has 0 unspecified atom stereocenters. The smallest absolute Gasteiger partial charge is 0.356 e. The molecule has 0 aliphatic heterocycles. The molecular formula is C9H10ClNO3. The van der Waals surface area contributed by atoms with Gasteiger partial charge in [-0.05, 0) is 19.1 Å². The molecule has 0 amide bonds. The Morgan fingerprint density at radius 3 is 2.79 bits per heavy atom. The number of ether oxygens (including phenoxy) is 2. The Bertz CT molecular complexity index is 341. The fraction of sp³-hybridized carbons (Fsp3) is 0.333. The third-order valence-corrected chi connectivity index (χ3v) is 1.78. The van der Waals surface area contributed by atoms with Gasteiger partial charge in [0.15, 0.2) is 10.9 Å². The molecule has 1 aromatic heterocycles. The predicted octanol–water partition coefficient (Wildman–Crippen LogP) is 1.92. The van der Waals surface area contributed by atoms with E-state index in [0.717, 1.165) is 0 Å². The standard InChI is InChI=1S/C9H10ClNO3/c1-3-14-7-5-4-6(9(12)13-2)11-8(7)10/h4-5H,3H2,1-2H3. The molecule has 1 aromatic rings. The van der Waals surface area contributed by atoms with Gasteiger partial charge in [-0.2, -0.15) is 0 Å². The van der Waals surface area contributed by atoms with Crippen molar-refractivity contribution < 1.29 is 14.3 Å². The molecule has 0 fully saturated rings. The number of hydrogen-bond donors (Lipinski definition) is 0. The molecule has 0 spiro atoms. The highest BCUT2D eigenvalue weighted by Crippen LogP contribution is 2.22. The lowest BCUT2D eigenvalue weighted by Crippen LogP contribution is -2.05. The number of halogens is 1. The summed E-state index contributed by atoms with van der Waals surface area (Å²) in [4.78, 5) is 14.9. The largest absolute Gasteiger partial charge is 0.491 e. The van der Waals surface area contributed by atoms with Gasteiger partial charge < -0.3 is 9.47 Å². The lowest BCUT2D eigenvalue weighted by Gasteiger charge is -2.05. The summed E-state index contributed by atoms with van der Waals surface area (Å²) in [7, 11) is 1.29. The molecule has 1 heterocycles. The number of aromatic nitrogens is 1. The second-order valence-electron chi connectivity index (χ2n) is 2.41. The Morgan fingerprint density at radius 1 is 1.57 bits per heavy atom. The molecule has 14 heavy (non-hydrogen) atoms. The summed E-state index contributed by atoms with van der Waals surface area (Å²) in [5.74, 6) is -0.0585. The Labute approximate surface area is 86.8 Å². The average molecular weight is 216 g/mol. The second kappa shape index (κ2) is 4.81. The zero-order valence-corrected chi connectivity index (χ0v) is 8.67. The summed E-state index contributed by atoms with van der Waals surface area (Å²) in [6.07, 6.45) is 0. The maximum absolute atomic E-state index is 11.1. The molecule has 0 aromatic carbocycles. The highest BCUT2D eigenvalue weighted by atomic mass is 35.5. The van der Waals surface area contributed by atoms with Crippen molar-refractivity contribution in [2.75, 3.05) is 13.7 Å². The Hall–Kier alpha value is -1.29. The zero-order valence-electron chi connectivity index (χ0n) is 7.91. The first-order chi connectivity index (χ1) is 6.69. The van der Waals surface area contributed by atoms with E-state index in [2.05, 4.69) is 9.72 Å². The molecule has 0 atom stereocenters. The van der Waals surface area contributed by atoms with E-state index >= 15 is 0 Å². The Morgan fingerprint density at radius 2 is 2.29 bits per heavy atom. The average Bonchev–Trinajstić information content (AvgIpc) is 2.20. The van der Waals surface area contributed by atoms with E-state index in [0.29, 0.717) is 12.4 Å². The molecule has 5 heteroatoms. The van der Waals surface area contributed by atoms with Gasteiger partial charge in [0.05, 0.1) is 13.7 Å². The van der Waals surface area contributed by atoms with E-state index in [4.69, 9.17) is 16.3 Å². The summed E-state index contributed by atoms with van der Waals surface area (Å²) >= 11 is 5.77. The Balaban J connectivity index is 2.94. The molecule has 4 nitrogen and oxygen atoms in total. The minimum atomic E-state index is -0.519. The summed E-state index contributed by atoms with van der Waals surface area (Å²) in [6, 6.07) is 3.09. The number of rotatable bonds is 3. The summed E-state index contributed by atoms with van der Waals surface area (Å²) in [6.45, 7) is 2.34. The predicted molar refractivity (Wildman–Crippen MR) is 51.8 cm³/mol. The number of carbonyl (C=O) groups excluding carboxylic acids is 1. The van der Waals surface area contributed by atoms with Gasteiger partial charge in [-0.1, -0.05) is 11.6 Å². The third kappa shape index (κ3) is 2.35. The van der Waals surface area contributed by atoms with Crippen molar-refractivity contribution in [1.29, 1.82) is 0 Å². The van der Waals surface area contributed by atoms with Gasteiger partial charge >= 0.3 is 5.97 Å². The Kier molecular flexibility index (Phi) is 3.71. The van der Waals surface area contributed by atoms with Crippen LogP contribution < -0.4 is 4.74 Å². The number of carbonyl (C=O) groups is 1. The molecule has 0 aliphatic rings. The number of hydrogen-bond acceptors (Lipinski definition) is 4. The van der Waals surface area contributed by atoms with Gasteiger partial charge in [0, 0.05) is 0 Å². The van der Waals surface area contributed by atoms with E-state index in [1.165, 1.54) is 13.2 Å². The van der Waals surface area contributed by atoms with Gasteiger partial charge in [-0.25, -0.2) is 9.78 Å². The van der Waals surface area contributed by atoms with Crippen LogP contribution in [0.3, 0.4) is 0 Å². The monoisotopic (exact) mass is 215 g/mol. The van der Waals surface area contributed by atoms with Crippen LogP contribution in [0.15, 0.2) is 12.1 Å². The summed E-state index contributed by atoms with van der Waals surface area (Å²) in [5, 5.41) is 0.162. The highest BCUT2D eigenvalue weighted by molar-refractivity contribution is 6.31. The minimum absolute atomic E-state index is 0.162. The van der Waals surface area contributed by atoms with Crippen molar-refractivity contribution in [3.63, 3.8) is 0 Å². The van der Waals surface area contributed by atoms with Crippen LogP contribution in [0.1, 0.15) is 17.4 Å². The molecule has 0 saturated heterocycles. The fourth-order valence-electron chi connectivity index (χ4n) is 0.903. The van der Waals surface area contributed by atoms with Crippen LogP contribution >= 0.6 is 11.6 Å². The number of pyridine rings is 1. The highest BCUT2D eigenvalue weighted by Gasteiger charge is 2.10. The van der Waals surface area contributed by atoms with Gasteiger partial charge in [0.1, 0.15) is 5.69 Å². The maximum Gasteiger partial charge on any atom is 0.356 e. The van der Waals surface area contributed by atoms with Crippen LogP contribution in [-0.2, 0) is 4.74 Å². The van der Waals surface area contributed by atoms with Gasteiger partial charge in [0.2, 0.25) is 0 Å². The topological polar surface area (TPSA) is 48.4 Å². The molecule has 0 saturated carbocycles. The summed E-state index contributed by atoms with van der Waals surface area (Å²) < 4.78 is 9.65. The third-order valence-electron chi connectivity index (χ3n) is 1.51. The van der Waals surface area contributed by atoms with Crippen molar-refractivity contribution >= 4 is 17.6 Å². The molecular weight excluding hydrogens is 206 g/mol. The zero-order chi connectivity index (χ0) is 10.6. The van der Waals surface area contributed by atoms with Crippen LogP contribution in [-0.4, -0.2) is 24.7 Å². The lowest BCUT2D eigenvalue weighted by molar-refractivity contribution is 0.0594. The molecule has 76 valence electrons. The van der Waals surface area contributed by atoms with Gasteiger partial charge in [-0.15, -0.1) is 0 Å². The van der Waals surface area contributed by atoms with E-state index in [-0.39, 0.29) is 10.8 Å². The quantitative estimate of drug-likeness (QED) is 0.571. The molecule has 0 aliphatic carbocycles. The first kappa shape index (κ1) is 10.8. The van der Waals surface area contributed by atoms with Crippen LogP contribution in [0.25, 0.3) is 0 Å². The SMILES string of the molecule is CCOc1ccc(C(=O)OC)nc1Cl. The molecule has 0 N–H and O–H groups in total. The van der Waals surface area contributed by atoms with Crippen molar-refractivity contribution in [2.45, 2.75) is 6.92 Å². The molecule has 0 radical (unpaired) electrons. The van der Waals surface area contributed by atoms with E-state index < -0.39 is 5.97 Å². The van der Waals surface area contributed by atoms with Crippen LogP contribution in [0.4, 0.5) is 0 Å². The van der Waals surface area contributed by atoms with Crippen molar-refractivity contribution in [3.05, 3.63) is 23.0 Å². The van der Waals surface area contributed by atoms with E-state index in [1.807, 2.05) is 6.92 Å². The number of esters is 1. The van der Waals surface area contributed by atoms with Crippen molar-refractivity contribution in [1.82, 2.24) is 4.98 Å². The van der Waals surface area contributed by atoms with Gasteiger partial charge in [-0.3, -0.25) is 0 Å². The summed E-state index contributed by atoms with van der Waals surface area (Å²) in [5.41, 5.74) is 0.168. The van der Waals surface area contributed by atoms with Gasteiger partial charge in [0.25, 0.3) is 0 Å². The van der Waals surface area contributed by atoms with Crippen molar-refractivity contribution in [3.8, 4) is 5.75 Å². The number of nitrogens with zero attached hydrogens (tertiary/aromatic N) is 1. The second-order valence-corrected chi connectivity index (χ2v) is 2.77. The normalized spacial score (nSPS) is 9.64. The first-order valence-electron chi connectivity index (χ1n) is 4.06. The maximum atomic E-state index is 11.1. The first-order valence-corrected chi connectivity index (χ1v) is 4.44. The fourth-order valence-corrected chi connectivity index (χ4v) is 1.11. The van der Waals surface area contributed by atoms with Crippen LogP contribution in [0.5, 0.6) is 5.75 Å². The van der Waals surface area contributed by atoms with E-state index in [9.17, 15) is 4.79 Å². The lowest BCUT2D eigenvalue weighted by atomic mass is 10.3. The van der Waals surface area contributed by atoms with E-state index in [1.54, 1.807) is 6.07 Å². The molecule has 0 bridgehead atoms.